The second-order valence-corrected chi connectivity index (χ2v) is 2.10. The summed E-state index contributed by atoms with van der Waals surface area (Å²) < 4.78 is 0. The highest BCUT2D eigenvalue weighted by atomic mass is 16.3. The van der Waals surface area contributed by atoms with E-state index in [0.29, 0.717) is 0 Å². The van der Waals surface area contributed by atoms with Crippen molar-refractivity contribution in [2.75, 3.05) is 0 Å². The van der Waals surface area contributed by atoms with E-state index in [-0.39, 0.29) is 5.48 Å². The van der Waals surface area contributed by atoms with Gasteiger partial charge in [-0.15, -0.1) is 12.2 Å². The van der Waals surface area contributed by atoms with Crippen molar-refractivity contribution >= 4 is 0 Å². The first-order valence-corrected chi connectivity index (χ1v) is 2.78. The first-order valence-electron chi connectivity index (χ1n) is 2.78. The first-order chi connectivity index (χ1) is 3.46. The molecule has 0 spiro atoms. The molecule has 0 rings (SSSR count). The zero-order chi connectivity index (χ0) is 7.15. The van der Waals surface area contributed by atoms with Gasteiger partial charge in [0.2, 0.25) is 0 Å². The lowest BCUT2D eigenvalue weighted by Crippen LogP contribution is -2.14. The molecule has 0 aromatic heterocycles. The zero-order valence-electron chi connectivity index (χ0n) is 6.38. The van der Waals surface area contributed by atoms with E-state index < -0.39 is 12.2 Å². The lowest BCUT2D eigenvalue weighted by atomic mass is 10.5. The third kappa shape index (κ3) is 18900. The van der Waals surface area contributed by atoms with Crippen molar-refractivity contribution in [2.45, 2.75) is 39.9 Å². The standard InChI is InChI=1S/2C3H7O.O/c2*1-3(2)4;/h2*3H,1-2H3;/q2*-1;+2. The lowest BCUT2D eigenvalue weighted by molar-refractivity contribution is -0.408. The van der Waals surface area contributed by atoms with E-state index in [1.165, 1.54) is 0 Å². The molecule has 0 N–H and O–H groups in total. The minimum Gasteiger partial charge on any atom is -0.852 e. The third-order valence-electron chi connectivity index (χ3n) is 0. The molecule has 3 heteroatoms. The van der Waals surface area contributed by atoms with E-state index in [1.54, 1.807) is 27.7 Å². The minimum absolute atomic E-state index is 0. The average Bonchev–Trinajstić information content (AvgIpc) is 1.25. The van der Waals surface area contributed by atoms with E-state index in [1.807, 2.05) is 0 Å². The lowest BCUT2D eigenvalue weighted by Gasteiger charge is -2.02. The quantitative estimate of drug-likeness (QED) is 0.443. The maximum atomic E-state index is 9.53. The molecule has 3 nitrogen and oxygen atoms in total. The second kappa shape index (κ2) is 10.8. The van der Waals surface area contributed by atoms with Gasteiger partial charge in [-0.3, -0.25) is 0 Å². The van der Waals surface area contributed by atoms with Crippen LogP contribution in [0, 0.1) is 0 Å². The van der Waals surface area contributed by atoms with Crippen LogP contribution in [0.1, 0.15) is 27.7 Å². The normalized spacial score (nSPS) is 8.00. The summed E-state index contributed by atoms with van der Waals surface area (Å²) in [6, 6.07) is 0. The average molecular weight is 134 g/mol. The van der Waals surface area contributed by atoms with Crippen molar-refractivity contribution < 1.29 is 15.7 Å². The van der Waals surface area contributed by atoms with Gasteiger partial charge in [-0.25, -0.2) is 0 Å². The minimum atomic E-state index is -0.417. The predicted octanol–water partition coefficient (Wildman–Crippen LogP) is -0.609. The molecule has 0 aliphatic rings. The molecule has 0 aromatic rings. The van der Waals surface area contributed by atoms with Gasteiger partial charge < -0.3 is 10.2 Å². The highest BCUT2D eigenvalue weighted by Crippen LogP contribution is 1.57. The summed E-state index contributed by atoms with van der Waals surface area (Å²) >= 11 is 0. The predicted molar refractivity (Wildman–Crippen MR) is 31.0 cm³/mol. The monoisotopic (exact) mass is 134 g/mol. The SMILES string of the molecule is CC(C)[O-].CC(C)[O-].[O+2]. The molecule has 9 heavy (non-hydrogen) atoms. The van der Waals surface area contributed by atoms with Gasteiger partial charge in [0.1, 0.15) is 0 Å². The summed E-state index contributed by atoms with van der Waals surface area (Å²) in [6.45, 7) is 6.44. The molecule has 0 saturated carbocycles. The molecular weight excluding hydrogens is 120 g/mol. The fourth-order valence-electron chi connectivity index (χ4n) is 0. The van der Waals surface area contributed by atoms with Crippen LogP contribution in [0.2, 0.25) is 0 Å². The van der Waals surface area contributed by atoms with Crippen LogP contribution in [-0.2, 0) is 5.48 Å². The van der Waals surface area contributed by atoms with Gasteiger partial charge in [-0.2, -0.15) is 0 Å². The van der Waals surface area contributed by atoms with Gasteiger partial charge >= 0.3 is 5.48 Å². The maximum Gasteiger partial charge on any atom is 2.00 e. The van der Waals surface area contributed by atoms with Crippen molar-refractivity contribution in [3.05, 3.63) is 0 Å². The smallest absolute Gasteiger partial charge is 0.852 e. The second-order valence-electron chi connectivity index (χ2n) is 2.10. The summed E-state index contributed by atoms with van der Waals surface area (Å²) in [6.07, 6.45) is -0.833. The molecule has 0 bridgehead atoms. The summed E-state index contributed by atoms with van der Waals surface area (Å²) in [4.78, 5) is 0. The molecule has 0 heterocycles. The fourth-order valence-corrected chi connectivity index (χ4v) is 0. The molecular formula is C6H14O3. The topological polar surface area (TPSA) is 74.6 Å². The Morgan fingerprint density at radius 2 is 0.778 bits per heavy atom. The molecule has 0 saturated heterocycles. The Morgan fingerprint density at radius 1 is 0.778 bits per heavy atom. The molecule has 0 amide bonds. The van der Waals surface area contributed by atoms with E-state index in [2.05, 4.69) is 0 Å². The molecule has 0 aliphatic heterocycles. The van der Waals surface area contributed by atoms with Gasteiger partial charge in [-0.1, -0.05) is 27.7 Å². The van der Waals surface area contributed by atoms with Gasteiger partial charge in [0, 0.05) is 0 Å². The van der Waals surface area contributed by atoms with Crippen LogP contribution in [0.15, 0.2) is 0 Å². The van der Waals surface area contributed by atoms with Crippen LogP contribution in [-0.4, -0.2) is 12.2 Å². The molecule has 0 unspecified atom stereocenters. The van der Waals surface area contributed by atoms with Crippen molar-refractivity contribution in [1.29, 1.82) is 0 Å². The number of rotatable bonds is 0. The summed E-state index contributed by atoms with van der Waals surface area (Å²) in [5, 5.41) is 19.1. The van der Waals surface area contributed by atoms with Gasteiger partial charge in [-0.05, 0) is 0 Å². The van der Waals surface area contributed by atoms with E-state index in [0.717, 1.165) is 0 Å². The van der Waals surface area contributed by atoms with Crippen molar-refractivity contribution in [2.24, 2.45) is 0 Å². The summed E-state index contributed by atoms with van der Waals surface area (Å²) in [7, 11) is 0. The summed E-state index contributed by atoms with van der Waals surface area (Å²) in [5.74, 6) is 0. The number of hydrogen-bond donors (Lipinski definition) is 0. The molecule has 0 atom stereocenters. The maximum absolute atomic E-state index is 9.53. The van der Waals surface area contributed by atoms with Crippen molar-refractivity contribution in [3.8, 4) is 0 Å². The summed E-state index contributed by atoms with van der Waals surface area (Å²) in [5.41, 5.74) is 0. The largest absolute Gasteiger partial charge is 2.00 e. The molecule has 56 valence electrons. The Morgan fingerprint density at radius 3 is 0.778 bits per heavy atom. The highest BCUT2D eigenvalue weighted by molar-refractivity contribution is 4.17. The zero-order valence-corrected chi connectivity index (χ0v) is 6.38. The third-order valence-corrected chi connectivity index (χ3v) is 0. The van der Waals surface area contributed by atoms with E-state index >= 15 is 0 Å². The Hall–Kier alpha value is -0.120. The van der Waals surface area contributed by atoms with Crippen LogP contribution < -0.4 is 10.2 Å². The van der Waals surface area contributed by atoms with E-state index in [9.17, 15) is 10.2 Å². The van der Waals surface area contributed by atoms with Gasteiger partial charge in [0.05, 0.1) is 0 Å². The fraction of sp³-hybridized carbons (Fsp3) is 1.00. The van der Waals surface area contributed by atoms with Crippen molar-refractivity contribution in [3.63, 3.8) is 0 Å². The van der Waals surface area contributed by atoms with Crippen molar-refractivity contribution in [1.82, 2.24) is 0 Å². The number of hydrogen-bond acceptors (Lipinski definition) is 2. The van der Waals surface area contributed by atoms with Gasteiger partial charge in [0.15, 0.2) is 0 Å². The Kier molecular flexibility index (Phi) is 19.1. The van der Waals surface area contributed by atoms with E-state index in [4.69, 9.17) is 0 Å². The first kappa shape index (κ1) is 15.9. The Bertz CT molecular complexity index is 23.8. The van der Waals surface area contributed by atoms with Crippen LogP contribution in [0.5, 0.6) is 0 Å². The van der Waals surface area contributed by atoms with Crippen LogP contribution in [0.3, 0.4) is 0 Å². The van der Waals surface area contributed by atoms with Crippen LogP contribution in [0.25, 0.3) is 0 Å². The molecule has 0 aromatic carbocycles. The molecule has 0 aliphatic carbocycles. The molecule has 4 radical (unpaired) electrons. The Labute approximate surface area is 56.6 Å². The van der Waals surface area contributed by atoms with Crippen LogP contribution in [0.4, 0.5) is 0 Å². The van der Waals surface area contributed by atoms with Gasteiger partial charge in [0.25, 0.3) is 0 Å². The highest BCUT2D eigenvalue weighted by Gasteiger charge is 2.00. The molecule has 0 fully saturated rings. The van der Waals surface area contributed by atoms with Crippen LogP contribution >= 0.6 is 0 Å². The Balaban J connectivity index is -0.0000000720.